The molecule has 3 aliphatic rings. The third kappa shape index (κ3) is 4.89. The Balaban J connectivity index is 1.27. The van der Waals surface area contributed by atoms with E-state index in [1.165, 1.54) is 16.4 Å². The van der Waals surface area contributed by atoms with Crippen LogP contribution in [0, 0.1) is 18.7 Å². The van der Waals surface area contributed by atoms with Gasteiger partial charge in [0.25, 0.3) is 5.91 Å². The number of nitrogens with zero attached hydrogens (tertiary/aromatic N) is 3. The molecule has 3 heterocycles. The van der Waals surface area contributed by atoms with Crippen molar-refractivity contribution in [2.24, 2.45) is 5.92 Å². The molecule has 2 fully saturated rings. The Bertz CT molecular complexity index is 1330. The minimum Gasteiger partial charge on any atom is -0.479 e. The number of carbonyl (C=O) groups is 2. The topological polar surface area (TPSA) is 99.3 Å². The van der Waals surface area contributed by atoms with Gasteiger partial charge in [-0.05, 0) is 50.5 Å². The van der Waals surface area contributed by atoms with Crippen LogP contribution in [0.15, 0.2) is 41.3 Å². The van der Waals surface area contributed by atoms with Crippen LogP contribution >= 0.6 is 0 Å². The zero-order valence-electron chi connectivity index (χ0n) is 20.9. The van der Waals surface area contributed by atoms with Crippen molar-refractivity contribution in [3.8, 4) is 5.75 Å². The van der Waals surface area contributed by atoms with Gasteiger partial charge in [-0.2, -0.15) is 4.31 Å². The maximum atomic E-state index is 14.2. The molecule has 11 heteroatoms. The van der Waals surface area contributed by atoms with Gasteiger partial charge in [-0.1, -0.05) is 12.1 Å². The van der Waals surface area contributed by atoms with E-state index in [4.69, 9.17) is 4.74 Å². The third-order valence-electron chi connectivity index (χ3n) is 7.34. The summed E-state index contributed by atoms with van der Waals surface area (Å²) in [7, 11) is -3.88. The lowest BCUT2D eigenvalue weighted by Gasteiger charge is -2.39. The number of amides is 2. The number of fused-ring (bicyclic) bond motifs is 1. The second kappa shape index (κ2) is 9.94. The van der Waals surface area contributed by atoms with Gasteiger partial charge in [0.1, 0.15) is 11.6 Å². The SMILES string of the molecule is Cc1cc2c(cc1S(=O)(=O)N1CCC[C@H](C(=O)N3CCN(c4ccccc4F)CC3)C1)O[C@@H](C)C(=O)N2. The second-order valence-corrected chi connectivity index (χ2v) is 11.7. The van der Waals surface area contributed by atoms with Crippen LogP contribution in [0.1, 0.15) is 25.3 Å². The van der Waals surface area contributed by atoms with E-state index >= 15 is 0 Å². The molecule has 0 bridgehead atoms. The summed E-state index contributed by atoms with van der Waals surface area (Å²) in [6.45, 7) is 5.68. The molecule has 198 valence electrons. The number of aryl methyl sites for hydroxylation is 1. The number of sulfonamides is 1. The highest BCUT2D eigenvalue weighted by Gasteiger charge is 2.37. The number of piperidine rings is 1. The van der Waals surface area contributed by atoms with E-state index in [2.05, 4.69) is 5.32 Å². The zero-order chi connectivity index (χ0) is 26.3. The summed E-state index contributed by atoms with van der Waals surface area (Å²) in [5, 5.41) is 2.74. The van der Waals surface area contributed by atoms with Gasteiger partial charge < -0.3 is 19.9 Å². The van der Waals surface area contributed by atoms with Crippen LogP contribution in [-0.4, -0.2) is 74.8 Å². The first-order valence-electron chi connectivity index (χ1n) is 12.6. The number of halogens is 1. The zero-order valence-corrected chi connectivity index (χ0v) is 21.8. The lowest BCUT2D eigenvalue weighted by atomic mass is 9.97. The molecule has 0 saturated carbocycles. The quantitative estimate of drug-likeness (QED) is 0.653. The van der Waals surface area contributed by atoms with Gasteiger partial charge in [0.05, 0.1) is 22.2 Å². The largest absolute Gasteiger partial charge is 0.479 e. The van der Waals surface area contributed by atoms with Crippen molar-refractivity contribution < 1.29 is 27.1 Å². The van der Waals surface area contributed by atoms with Gasteiger partial charge >= 0.3 is 0 Å². The molecule has 0 radical (unpaired) electrons. The number of nitrogens with one attached hydrogen (secondary N) is 1. The van der Waals surface area contributed by atoms with Crippen molar-refractivity contribution in [1.29, 1.82) is 0 Å². The highest BCUT2D eigenvalue weighted by atomic mass is 32.2. The van der Waals surface area contributed by atoms with E-state index in [1.807, 2.05) is 4.90 Å². The number of hydrogen-bond donors (Lipinski definition) is 1. The minimum atomic E-state index is -3.88. The molecule has 0 aromatic heterocycles. The normalized spacial score (nSPS) is 22.7. The average molecular weight is 531 g/mol. The molecule has 3 aliphatic heterocycles. The number of rotatable bonds is 4. The molecule has 2 saturated heterocycles. The smallest absolute Gasteiger partial charge is 0.265 e. The summed E-state index contributed by atoms with van der Waals surface area (Å²) >= 11 is 0. The Kier molecular flexibility index (Phi) is 6.84. The van der Waals surface area contributed by atoms with Crippen LogP contribution < -0.4 is 15.0 Å². The van der Waals surface area contributed by atoms with Gasteiger partial charge in [0.2, 0.25) is 15.9 Å². The van der Waals surface area contributed by atoms with Crippen molar-refractivity contribution in [2.45, 2.75) is 37.7 Å². The summed E-state index contributed by atoms with van der Waals surface area (Å²) in [4.78, 5) is 29.1. The van der Waals surface area contributed by atoms with Crippen molar-refractivity contribution >= 4 is 33.2 Å². The molecule has 2 aromatic rings. The number of benzene rings is 2. The van der Waals surface area contributed by atoms with E-state index in [1.54, 1.807) is 43.0 Å². The lowest BCUT2D eigenvalue weighted by molar-refractivity contribution is -0.137. The molecule has 0 spiro atoms. The molecule has 0 aliphatic carbocycles. The summed E-state index contributed by atoms with van der Waals surface area (Å²) < 4.78 is 48.4. The molecule has 2 atom stereocenters. The first-order chi connectivity index (χ1) is 17.6. The molecule has 2 aromatic carbocycles. The van der Waals surface area contributed by atoms with Gasteiger partial charge in [0.15, 0.2) is 6.10 Å². The molecular weight excluding hydrogens is 499 g/mol. The number of carbonyl (C=O) groups excluding carboxylic acids is 2. The fourth-order valence-electron chi connectivity index (χ4n) is 5.26. The number of anilines is 2. The van der Waals surface area contributed by atoms with Gasteiger partial charge in [-0.3, -0.25) is 9.59 Å². The van der Waals surface area contributed by atoms with E-state index < -0.39 is 22.0 Å². The lowest BCUT2D eigenvalue weighted by Crippen LogP contribution is -2.53. The fraction of sp³-hybridized carbons (Fsp3) is 0.462. The number of piperazine rings is 1. The maximum absolute atomic E-state index is 14.2. The number of para-hydroxylation sites is 1. The van der Waals surface area contributed by atoms with E-state index in [-0.39, 0.29) is 29.1 Å². The maximum Gasteiger partial charge on any atom is 0.265 e. The van der Waals surface area contributed by atoms with Gasteiger partial charge in [0, 0.05) is 45.3 Å². The molecule has 1 N–H and O–H groups in total. The Morgan fingerprint density at radius 2 is 1.84 bits per heavy atom. The predicted molar refractivity (Wildman–Crippen MR) is 137 cm³/mol. The number of hydrogen-bond acceptors (Lipinski definition) is 6. The second-order valence-electron chi connectivity index (χ2n) is 9.83. The monoisotopic (exact) mass is 530 g/mol. The first-order valence-corrected chi connectivity index (χ1v) is 14.0. The molecule has 0 unspecified atom stereocenters. The van der Waals surface area contributed by atoms with E-state index in [0.717, 1.165) is 0 Å². The minimum absolute atomic E-state index is 0.0601. The molecule has 37 heavy (non-hydrogen) atoms. The van der Waals surface area contributed by atoms with Crippen molar-refractivity contribution in [3.05, 3.63) is 47.8 Å². The van der Waals surface area contributed by atoms with E-state index in [9.17, 15) is 22.4 Å². The van der Waals surface area contributed by atoms with Crippen molar-refractivity contribution in [2.75, 3.05) is 49.5 Å². The molecule has 2 amide bonds. The fourth-order valence-corrected chi connectivity index (χ4v) is 7.00. The molecule has 9 nitrogen and oxygen atoms in total. The third-order valence-corrected chi connectivity index (χ3v) is 9.35. The van der Waals surface area contributed by atoms with Crippen LogP contribution in [0.5, 0.6) is 5.75 Å². The Morgan fingerprint density at radius 3 is 2.57 bits per heavy atom. The highest BCUT2D eigenvalue weighted by molar-refractivity contribution is 7.89. The van der Waals surface area contributed by atoms with Crippen LogP contribution in [0.3, 0.4) is 0 Å². The molecule has 5 rings (SSSR count). The van der Waals surface area contributed by atoms with Crippen LogP contribution in [0.4, 0.5) is 15.8 Å². The van der Waals surface area contributed by atoms with Crippen molar-refractivity contribution in [3.63, 3.8) is 0 Å². The Labute approximate surface area is 216 Å². The molecular formula is C26H31FN4O5S. The number of ether oxygens (including phenoxy) is 1. The summed E-state index contributed by atoms with van der Waals surface area (Å²) in [6, 6.07) is 9.67. The standard InChI is InChI=1S/C26H31FN4O5S/c1-17-14-21-23(36-18(2)25(32)28-21)15-24(17)37(34,35)31-9-5-6-19(16-31)26(33)30-12-10-29(11-13-30)22-8-4-3-7-20(22)27/h3-4,7-8,14-15,18-19H,5-6,9-13,16H2,1-2H3,(H,28,32)/t18-,19-/m0/s1. The summed E-state index contributed by atoms with van der Waals surface area (Å²) in [5.74, 6) is -0.745. The summed E-state index contributed by atoms with van der Waals surface area (Å²) in [5.41, 5.74) is 1.47. The van der Waals surface area contributed by atoms with Crippen LogP contribution in [-0.2, 0) is 19.6 Å². The highest BCUT2D eigenvalue weighted by Crippen LogP contribution is 2.36. The van der Waals surface area contributed by atoms with E-state index in [0.29, 0.717) is 68.3 Å². The first kappa shape index (κ1) is 25.5. The Morgan fingerprint density at radius 1 is 1.11 bits per heavy atom. The van der Waals surface area contributed by atoms with Gasteiger partial charge in [-0.25, -0.2) is 12.8 Å². The predicted octanol–water partition coefficient (Wildman–Crippen LogP) is 2.60. The average Bonchev–Trinajstić information content (AvgIpc) is 2.89. The Hall–Kier alpha value is -3.18. The van der Waals surface area contributed by atoms with Crippen molar-refractivity contribution in [1.82, 2.24) is 9.21 Å². The van der Waals surface area contributed by atoms with Crippen LogP contribution in [0.2, 0.25) is 0 Å². The van der Waals surface area contributed by atoms with Gasteiger partial charge in [-0.15, -0.1) is 0 Å². The van der Waals surface area contributed by atoms with Crippen LogP contribution in [0.25, 0.3) is 0 Å². The summed E-state index contributed by atoms with van der Waals surface area (Å²) in [6.07, 6.45) is 0.480.